The van der Waals surface area contributed by atoms with Crippen LogP contribution in [0.1, 0.15) is 24.2 Å². The van der Waals surface area contributed by atoms with Gasteiger partial charge in [-0.15, -0.1) is 5.10 Å². The molecule has 0 saturated heterocycles. The van der Waals surface area contributed by atoms with E-state index in [0.29, 0.717) is 12.1 Å². The van der Waals surface area contributed by atoms with Crippen LogP contribution in [0.3, 0.4) is 0 Å². The first-order chi connectivity index (χ1) is 8.18. The van der Waals surface area contributed by atoms with Crippen LogP contribution in [0, 0.1) is 5.82 Å². The van der Waals surface area contributed by atoms with Crippen molar-refractivity contribution < 1.29 is 4.39 Å². The van der Waals surface area contributed by atoms with Crippen molar-refractivity contribution in [2.24, 2.45) is 7.05 Å². The minimum atomic E-state index is -0.185. The number of halogens is 1. The Bertz CT molecular complexity index is 495. The van der Waals surface area contributed by atoms with Gasteiger partial charge in [-0.25, -0.2) is 4.39 Å². The van der Waals surface area contributed by atoms with Gasteiger partial charge in [-0.1, -0.05) is 23.4 Å². The summed E-state index contributed by atoms with van der Waals surface area (Å²) in [4.78, 5) is 0. The van der Waals surface area contributed by atoms with Crippen LogP contribution in [0.25, 0.3) is 0 Å². The molecule has 0 aliphatic carbocycles. The second-order valence-corrected chi connectivity index (χ2v) is 3.97. The summed E-state index contributed by atoms with van der Waals surface area (Å²) < 4.78 is 15.2. The van der Waals surface area contributed by atoms with Gasteiger partial charge in [0.05, 0.1) is 11.9 Å². The molecule has 1 atom stereocenters. The lowest BCUT2D eigenvalue weighted by atomic mass is 10.1. The molecule has 4 nitrogen and oxygen atoms in total. The van der Waals surface area contributed by atoms with Crippen LogP contribution in [0.5, 0.6) is 0 Å². The molecule has 90 valence electrons. The van der Waals surface area contributed by atoms with Gasteiger partial charge in [0, 0.05) is 25.2 Å². The van der Waals surface area contributed by atoms with Gasteiger partial charge in [0.2, 0.25) is 0 Å². The number of benzene rings is 1. The average Bonchev–Trinajstić information content (AvgIpc) is 2.72. The van der Waals surface area contributed by atoms with E-state index in [9.17, 15) is 4.39 Å². The summed E-state index contributed by atoms with van der Waals surface area (Å²) >= 11 is 0. The van der Waals surface area contributed by atoms with E-state index in [1.807, 2.05) is 20.0 Å². The lowest BCUT2D eigenvalue weighted by molar-refractivity contribution is 0.514. The predicted molar refractivity (Wildman–Crippen MR) is 62.7 cm³/mol. The van der Waals surface area contributed by atoms with Gasteiger partial charge < -0.3 is 5.32 Å². The molecule has 1 N–H and O–H groups in total. The second-order valence-electron chi connectivity index (χ2n) is 3.97. The Kier molecular flexibility index (Phi) is 3.49. The molecule has 0 saturated carbocycles. The second kappa shape index (κ2) is 5.05. The van der Waals surface area contributed by atoms with Crippen LogP contribution in [-0.2, 0) is 13.6 Å². The number of nitrogens with one attached hydrogen (secondary N) is 1. The fourth-order valence-electron chi connectivity index (χ4n) is 1.66. The summed E-state index contributed by atoms with van der Waals surface area (Å²) in [6.45, 7) is 2.54. The molecular formula is C12H15FN4. The number of hydrogen-bond acceptors (Lipinski definition) is 3. The van der Waals surface area contributed by atoms with Crippen LogP contribution in [0.4, 0.5) is 4.39 Å². The summed E-state index contributed by atoms with van der Waals surface area (Å²) in [6, 6.07) is 6.73. The molecule has 0 fully saturated rings. The van der Waals surface area contributed by atoms with E-state index in [1.54, 1.807) is 23.0 Å². The van der Waals surface area contributed by atoms with Crippen molar-refractivity contribution in [2.75, 3.05) is 0 Å². The minimum Gasteiger partial charge on any atom is -0.304 e. The van der Waals surface area contributed by atoms with Crippen LogP contribution in [-0.4, -0.2) is 15.0 Å². The minimum absolute atomic E-state index is 0.0499. The van der Waals surface area contributed by atoms with E-state index in [4.69, 9.17) is 0 Å². The zero-order valence-corrected chi connectivity index (χ0v) is 9.89. The summed E-state index contributed by atoms with van der Waals surface area (Å²) in [6.07, 6.45) is 1.70. The molecule has 0 aliphatic heterocycles. The zero-order valence-electron chi connectivity index (χ0n) is 9.89. The lowest BCUT2D eigenvalue weighted by Gasteiger charge is -2.14. The van der Waals surface area contributed by atoms with Crippen molar-refractivity contribution in [3.8, 4) is 0 Å². The maximum atomic E-state index is 13.5. The van der Waals surface area contributed by atoms with Gasteiger partial charge in [-0.3, -0.25) is 4.68 Å². The average molecular weight is 234 g/mol. The van der Waals surface area contributed by atoms with Gasteiger partial charge in [0.1, 0.15) is 5.82 Å². The molecule has 0 aliphatic rings. The first kappa shape index (κ1) is 11.7. The number of hydrogen-bond donors (Lipinski definition) is 1. The number of rotatable bonds is 4. The molecule has 0 bridgehead atoms. The van der Waals surface area contributed by atoms with Crippen molar-refractivity contribution in [1.82, 2.24) is 20.3 Å². The van der Waals surface area contributed by atoms with E-state index in [2.05, 4.69) is 15.6 Å². The van der Waals surface area contributed by atoms with Gasteiger partial charge in [0.25, 0.3) is 0 Å². The smallest absolute Gasteiger partial charge is 0.127 e. The molecule has 5 heteroatoms. The molecule has 1 aromatic carbocycles. The van der Waals surface area contributed by atoms with Crippen molar-refractivity contribution in [3.05, 3.63) is 47.5 Å². The van der Waals surface area contributed by atoms with Gasteiger partial charge in [-0.05, 0) is 13.0 Å². The molecule has 1 heterocycles. The topological polar surface area (TPSA) is 42.7 Å². The Labute approximate surface area is 99.5 Å². The third-order valence-corrected chi connectivity index (χ3v) is 2.77. The molecule has 2 aromatic rings. The standard InChI is InChI=1S/C12H15FN4/c1-9(11-5-3-4-6-12(11)13)14-7-10-8-15-16-17(10)2/h3-6,8-9,14H,7H2,1-2H3. The first-order valence-corrected chi connectivity index (χ1v) is 5.50. The molecular weight excluding hydrogens is 219 g/mol. The number of aromatic nitrogens is 3. The zero-order chi connectivity index (χ0) is 12.3. The quantitative estimate of drug-likeness (QED) is 0.877. The Morgan fingerprint density at radius 3 is 2.82 bits per heavy atom. The number of nitrogens with zero attached hydrogens (tertiary/aromatic N) is 3. The Morgan fingerprint density at radius 2 is 2.18 bits per heavy atom. The third-order valence-electron chi connectivity index (χ3n) is 2.77. The van der Waals surface area contributed by atoms with Gasteiger partial charge >= 0.3 is 0 Å². The Balaban J connectivity index is 2.01. The van der Waals surface area contributed by atoms with Gasteiger partial charge in [-0.2, -0.15) is 0 Å². The monoisotopic (exact) mass is 234 g/mol. The lowest BCUT2D eigenvalue weighted by Crippen LogP contribution is -2.20. The van der Waals surface area contributed by atoms with E-state index < -0.39 is 0 Å². The third kappa shape index (κ3) is 2.68. The van der Waals surface area contributed by atoms with E-state index in [0.717, 1.165) is 5.69 Å². The summed E-state index contributed by atoms with van der Waals surface area (Å²) in [5.41, 5.74) is 1.64. The van der Waals surface area contributed by atoms with Gasteiger partial charge in [0.15, 0.2) is 0 Å². The maximum absolute atomic E-state index is 13.5. The number of aryl methyl sites for hydroxylation is 1. The normalized spacial score (nSPS) is 12.6. The van der Waals surface area contributed by atoms with Crippen molar-refractivity contribution in [3.63, 3.8) is 0 Å². The molecule has 2 rings (SSSR count). The fourth-order valence-corrected chi connectivity index (χ4v) is 1.66. The van der Waals surface area contributed by atoms with Crippen LogP contribution in [0.2, 0.25) is 0 Å². The molecule has 0 amide bonds. The Morgan fingerprint density at radius 1 is 1.41 bits per heavy atom. The highest BCUT2D eigenvalue weighted by molar-refractivity contribution is 5.20. The van der Waals surface area contributed by atoms with Crippen molar-refractivity contribution >= 4 is 0 Å². The van der Waals surface area contributed by atoms with Crippen LogP contribution in [0.15, 0.2) is 30.5 Å². The highest BCUT2D eigenvalue weighted by atomic mass is 19.1. The summed E-state index contributed by atoms with van der Waals surface area (Å²) in [5, 5.41) is 10.9. The SMILES string of the molecule is CC(NCc1cnnn1C)c1ccccc1F. The Hall–Kier alpha value is -1.75. The summed E-state index contributed by atoms with van der Waals surface area (Å²) in [7, 11) is 1.83. The molecule has 1 unspecified atom stereocenters. The molecule has 17 heavy (non-hydrogen) atoms. The largest absolute Gasteiger partial charge is 0.304 e. The van der Waals surface area contributed by atoms with Crippen molar-refractivity contribution in [1.29, 1.82) is 0 Å². The predicted octanol–water partition coefficient (Wildman–Crippen LogP) is 1.80. The summed E-state index contributed by atoms with van der Waals surface area (Å²) in [5.74, 6) is -0.185. The first-order valence-electron chi connectivity index (χ1n) is 5.50. The molecule has 0 spiro atoms. The molecule has 0 radical (unpaired) electrons. The van der Waals surface area contributed by atoms with E-state index in [1.165, 1.54) is 6.07 Å². The maximum Gasteiger partial charge on any atom is 0.127 e. The highest BCUT2D eigenvalue weighted by Gasteiger charge is 2.10. The highest BCUT2D eigenvalue weighted by Crippen LogP contribution is 2.16. The van der Waals surface area contributed by atoms with Crippen molar-refractivity contribution in [2.45, 2.75) is 19.5 Å². The van der Waals surface area contributed by atoms with E-state index in [-0.39, 0.29) is 11.9 Å². The van der Waals surface area contributed by atoms with E-state index >= 15 is 0 Å². The molecule has 1 aromatic heterocycles. The fraction of sp³-hybridized carbons (Fsp3) is 0.333. The van der Waals surface area contributed by atoms with Crippen LogP contribution >= 0.6 is 0 Å². The van der Waals surface area contributed by atoms with Crippen LogP contribution < -0.4 is 5.32 Å².